The highest BCUT2D eigenvalue weighted by atomic mass is 19.3. The maximum atomic E-state index is 14.4. The first-order chi connectivity index (χ1) is 13.8. The van der Waals surface area contributed by atoms with Crippen LogP contribution in [0.15, 0.2) is 29.1 Å². The van der Waals surface area contributed by atoms with Crippen molar-refractivity contribution in [2.45, 2.75) is 13.0 Å². The number of carbonyl (C=O) groups excluding carboxylic acids is 1. The molecule has 1 aliphatic rings. The van der Waals surface area contributed by atoms with Crippen LogP contribution in [0.2, 0.25) is 0 Å². The van der Waals surface area contributed by atoms with Crippen molar-refractivity contribution in [3.05, 3.63) is 51.6 Å². The fourth-order valence-corrected chi connectivity index (χ4v) is 2.95. The maximum absolute atomic E-state index is 14.4. The topological polar surface area (TPSA) is 93.0 Å². The van der Waals surface area contributed by atoms with E-state index >= 15 is 0 Å². The van der Waals surface area contributed by atoms with Gasteiger partial charge in [-0.3, -0.25) is 19.0 Å². The van der Waals surface area contributed by atoms with E-state index in [1.165, 1.54) is 13.1 Å². The predicted molar refractivity (Wildman–Crippen MR) is 95.8 cm³/mol. The van der Waals surface area contributed by atoms with Crippen LogP contribution >= 0.6 is 0 Å². The van der Waals surface area contributed by atoms with Gasteiger partial charge in [0.25, 0.3) is 11.5 Å². The van der Waals surface area contributed by atoms with Gasteiger partial charge in [-0.2, -0.15) is 8.78 Å². The molecule has 3 rings (SSSR count). The third-order valence-electron chi connectivity index (χ3n) is 4.30. The van der Waals surface area contributed by atoms with E-state index in [9.17, 15) is 22.8 Å². The van der Waals surface area contributed by atoms with Gasteiger partial charge >= 0.3 is 6.61 Å². The van der Waals surface area contributed by atoms with Gasteiger partial charge in [-0.1, -0.05) is 0 Å². The van der Waals surface area contributed by atoms with Crippen LogP contribution in [-0.4, -0.2) is 47.0 Å². The summed E-state index contributed by atoms with van der Waals surface area (Å²) in [5.74, 6) is -1.82. The molecule has 11 heteroatoms. The number of hydroxylamine groups is 2. The zero-order valence-corrected chi connectivity index (χ0v) is 15.3. The van der Waals surface area contributed by atoms with Gasteiger partial charge in [0.1, 0.15) is 17.4 Å². The Balaban J connectivity index is 1.99. The number of hydrogen-bond donors (Lipinski definition) is 2. The Morgan fingerprint density at radius 3 is 2.69 bits per heavy atom. The van der Waals surface area contributed by atoms with Gasteiger partial charge in [0, 0.05) is 19.2 Å². The molecular formula is C18H18F3N3O5. The number of fused-ring (bicyclic) bond motifs is 1. The number of nitrogens with one attached hydrogen (secondary N) is 1. The van der Waals surface area contributed by atoms with Crippen LogP contribution in [0.3, 0.4) is 0 Å². The van der Waals surface area contributed by atoms with Crippen LogP contribution in [0.5, 0.6) is 5.75 Å². The molecule has 156 valence electrons. The molecule has 1 aromatic heterocycles. The van der Waals surface area contributed by atoms with Gasteiger partial charge < -0.3 is 15.2 Å². The molecule has 1 amide bonds. The molecule has 0 unspecified atom stereocenters. The van der Waals surface area contributed by atoms with E-state index in [1.807, 2.05) is 0 Å². The number of anilines is 2. The molecule has 1 aromatic carbocycles. The van der Waals surface area contributed by atoms with Crippen molar-refractivity contribution in [1.82, 2.24) is 9.63 Å². The monoisotopic (exact) mass is 413 g/mol. The van der Waals surface area contributed by atoms with Crippen LogP contribution in [0.25, 0.3) is 0 Å². The number of aromatic nitrogens is 1. The number of halogens is 3. The van der Waals surface area contributed by atoms with Crippen LogP contribution in [-0.2, 0) is 18.3 Å². The smallest absolute Gasteiger partial charge is 0.387 e. The lowest BCUT2D eigenvalue weighted by molar-refractivity contribution is -0.132. The Morgan fingerprint density at radius 2 is 2.03 bits per heavy atom. The molecule has 0 bridgehead atoms. The average Bonchev–Trinajstić information content (AvgIpc) is 2.66. The summed E-state index contributed by atoms with van der Waals surface area (Å²) in [6.45, 7) is -3.28. The molecule has 1 aliphatic heterocycles. The second-order valence-electron chi connectivity index (χ2n) is 6.15. The molecule has 0 atom stereocenters. The van der Waals surface area contributed by atoms with E-state index < -0.39 is 23.9 Å². The Kier molecular flexibility index (Phi) is 6.09. The Bertz CT molecular complexity index is 980. The van der Waals surface area contributed by atoms with Gasteiger partial charge in [0.15, 0.2) is 0 Å². The molecule has 0 saturated heterocycles. The number of alkyl halides is 2. The van der Waals surface area contributed by atoms with Crippen LogP contribution < -0.4 is 15.6 Å². The van der Waals surface area contributed by atoms with Crippen LogP contribution in [0.4, 0.5) is 24.7 Å². The average molecular weight is 413 g/mol. The predicted octanol–water partition coefficient (Wildman–Crippen LogP) is 1.79. The molecule has 0 saturated carbocycles. The molecule has 0 fully saturated rings. The molecule has 2 heterocycles. The van der Waals surface area contributed by atoms with Crippen LogP contribution in [0.1, 0.15) is 15.9 Å². The van der Waals surface area contributed by atoms with Crippen molar-refractivity contribution in [2.24, 2.45) is 7.05 Å². The summed E-state index contributed by atoms with van der Waals surface area (Å²) in [5.41, 5.74) is 0.0177. The van der Waals surface area contributed by atoms with Gasteiger partial charge in [-0.05, 0) is 24.1 Å². The van der Waals surface area contributed by atoms with E-state index in [4.69, 9.17) is 9.94 Å². The molecule has 0 aliphatic carbocycles. The third kappa shape index (κ3) is 4.35. The van der Waals surface area contributed by atoms with Gasteiger partial charge in [0.05, 0.1) is 31.0 Å². The Labute approximate surface area is 163 Å². The Hall–Kier alpha value is -3.05. The molecule has 0 radical (unpaired) electrons. The van der Waals surface area contributed by atoms with Crippen molar-refractivity contribution in [1.29, 1.82) is 0 Å². The molecule has 8 nitrogen and oxygen atoms in total. The van der Waals surface area contributed by atoms with Crippen LogP contribution in [0, 0.1) is 5.82 Å². The number of aliphatic hydroxyl groups is 1. The van der Waals surface area contributed by atoms with Crippen molar-refractivity contribution in [3.8, 4) is 5.75 Å². The number of hydrogen-bond acceptors (Lipinski definition) is 6. The number of pyridine rings is 1. The molecule has 2 aromatic rings. The highest BCUT2D eigenvalue weighted by Gasteiger charge is 2.30. The summed E-state index contributed by atoms with van der Waals surface area (Å²) in [7, 11) is 1.40. The lowest BCUT2D eigenvalue weighted by atomic mass is 10.0. The summed E-state index contributed by atoms with van der Waals surface area (Å²) < 4.78 is 44.2. The van der Waals surface area contributed by atoms with Gasteiger partial charge in [-0.15, -0.1) is 0 Å². The molecule has 2 N–H and O–H groups in total. The first-order valence-electron chi connectivity index (χ1n) is 8.61. The normalized spacial score (nSPS) is 13.6. The number of rotatable bonds is 7. The fraction of sp³-hybridized carbons (Fsp3) is 0.333. The number of benzene rings is 1. The van der Waals surface area contributed by atoms with E-state index in [2.05, 4.69) is 10.1 Å². The standard InChI is InChI=1S/C18H18F3N3O5/c1-23-14(26)8-10-4-5-24(28-7-6-25)17(27)15(10)16(23)22-13-3-2-11(9-12(13)19)29-18(20)21/h2-3,8-9,18,22,25H,4-7H2,1H3. The van der Waals surface area contributed by atoms with Crippen molar-refractivity contribution in [3.63, 3.8) is 0 Å². The number of aliphatic hydroxyl groups excluding tert-OH is 1. The second-order valence-corrected chi connectivity index (χ2v) is 6.15. The number of ether oxygens (including phenoxy) is 1. The highest BCUT2D eigenvalue weighted by Crippen LogP contribution is 2.30. The minimum absolute atomic E-state index is 0.0243. The Morgan fingerprint density at radius 1 is 1.28 bits per heavy atom. The summed E-state index contributed by atoms with van der Waals surface area (Å²) in [6, 6.07) is 4.37. The van der Waals surface area contributed by atoms with E-state index in [-0.39, 0.29) is 42.6 Å². The second kappa shape index (κ2) is 8.53. The van der Waals surface area contributed by atoms with Gasteiger partial charge in [-0.25, -0.2) is 9.45 Å². The number of nitrogens with zero attached hydrogens (tertiary/aromatic N) is 2. The van der Waals surface area contributed by atoms with Crippen molar-refractivity contribution < 1.29 is 32.6 Å². The quantitative estimate of drug-likeness (QED) is 0.719. The number of carbonyl (C=O) groups is 1. The first-order valence-corrected chi connectivity index (χ1v) is 8.61. The molecule has 29 heavy (non-hydrogen) atoms. The lowest BCUT2D eigenvalue weighted by Crippen LogP contribution is -2.40. The number of amides is 1. The largest absolute Gasteiger partial charge is 0.435 e. The first kappa shape index (κ1) is 20.7. The zero-order valence-electron chi connectivity index (χ0n) is 15.3. The SMILES string of the molecule is Cn1c(Nc2ccc(OC(F)F)cc2F)c2c(cc1=O)CCN(OCCO)C2=O. The van der Waals surface area contributed by atoms with E-state index in [0.717, 1.165) is 27.8 Å². The minimum atomic E-state index is -3.10. The highest BCUT2D eigenvalue weighted by molar-refractivity contribution is 6.01. The minimum Gasteiger partial charge on any atom is -0.435 e. The zero-order chi connectivity index (χ0) is 21.1. The summed E-state index contributed by atoms with van der Waals surface area (Å²) >= 11 is 0. The molecular weight excluding hydrogens is 395 g/mol. The fourth-order valence-electron chi connectivity index (χ4n) is 2.95. The summed E-state index contributed by atoms with van der Waals surface area (Å²) in [6.07, 6.45) is 0.320. The molecule has 0 spiro atoms. The van der Waals surface area contributed by atoms with Gasteiger partial charge in [0.2, 0.25) is 0 Å². The third-order valence-corrected chi connectivity index (χ3v) is 4.30. The van der Waals surface area contributed by atoms with E-state index in [0.29, 0.717) is 12.0 Å². The summed E-state index contributed by atoms with van der Waals surface area (Å²) in [5, 5.41) is 12.6. The summed E-state index contributed by atoms with van der Waals surface area (Å²) in [4.78, 5) is 30.3. The maximum Gasteiger partial charge on any atom is 0.387 e. The van der Waals surface area contributed by atoms with E-state index in [1.54, 1.807) is 0 Å². The van der Waals surface area contributed by atoms with Crippen molar-refractivity contribution >= 4 is 17.4 Å². The lowest BCUT2D eigenvalue weighted by Gasteiger charge is -2.29. The van der Waals surface area contributed by atoms with Crippen molar-refractivity contribution in [2.75, 3.05) is 25.1 Å².